The Morgan fingerprint density at radius 2 is 1.77 bits per heavy atom. The lowest BCUT2D eigenvalue weighted by Gasteiger charge is -2.17. The van der Waals surface area contributed by atoms with Crippen LogP contribution in [-0.4, -0.2) is 6.61 Å². The van der Waals surface area contributed by atoms with Gasteiger partial charge in [-0.2, -0.15) is 0 Å². The lowest BCUT2D eigenvalue weighted by atomic mass is 10.1. The van der Waals surface area contributed by atoms with Crippen LogP contribution < -0.4 is 14.8 Å². The van der Waals surface area contributed by atoms with Crippen LogP contribution in [0.15, 0.2) is 57.5 Å². The summed E-state index contributed by atoms with van der Waals surface area (Å²) >= 11 is 19.4. The molecule has 0 amide bonds. The molecular formula is C23H21Br2Cl2NO2. The molecule has 7 heteroatoms. The molecule has 3 rings (SSSR count). The topological polar surface area (TPSA) is 30.5 Å². The SMILES string of the molecule is CCOc1cc(CNc2ccc(Br)cc2C)cc(Br)c1OCc1ccc(Cl)cc1Cl. The van der Waals surface area contributed by atoms with Crippen molar-refractivity contribution in [3.05, 3.63) is 84.2 Å². The molecule has 0 aliphatic carbocycles. The van der Waals surface area contributed by atoms with Crippen LogP contribution in [0.3, 0.4) is 0 Å². The van der Waals surface area contributed by atoms with E-state index in [0.717, 1.165) is 25.8 Å². The molecule has 3 nitrogen and oxygen atoms in total. The first-order valence-corrected chi connectivity index (χ1v) is 11.7. The fourth-order valence-corrected chi connectivity index (χ4v) is 4.48. The summed E-state index contributed by atoms with van der Waals surface area (Å²) in [6.45, 7) is 5.53. The van der Waals surface area contributed by atoms with Gasteiger partial charge in [0.25, 0.3) is 0 Å². The number of benzene rings is 3. The quantitative estimate of drug-likeness (QED) is 0.293. The average Bonchev–Trinajstić information content (AvgIpc) is 2.68. The van der Waals surface area contributed by atoms with Crippen LogP contribution in [0.2, 0.25) is 10.0 Å². The summed E-state index contributed by atoms with van der Waals surface area (Å²) < 4.78 is 13.8. The molecule has 0 saturated heterocycles. The molecular weight excluding hydrogens is 553 g/mol. The van der Waals surface area contributed by atoms with E-state index < -0.39 is 0 Å². The first-order valence-electron chi connectivity index (χ1n) is 9.39. The highest BCUT2D eigenvalue weighted by molar-refractivity contribution is 9.10. The normalized spacial score (nSPS) is 10.7. The number of halogens is 4. The Labute approximate surface area is 203 Å². The van der Waals surface area contributed by atoms with Gasteiger partial charge in [0.2, 0.25) is 0 Å². The second-order valence-corrected chi connectivity index (χ2v) is 9.29. The third-order valence-corrected chi connectivity index (χ3v) is 6.10. The third-order valence-electron chi connectivity index (χ3n) is 4.43. The molecule has 0 unspecified atom stereocenters. The molecule has 0 aliphatic heterocycles. The van der Waals surface area contributed by atoms with E-state index in [1.807, 2.05) is 31.2 Å². The summed E-state index contributed by atoms with van der Waals surface area (Å²) in [5, 5.41) is 4.64. The monoisotopic (exact) mass is 571 g/mol. The van der Waals surface area contributed by atoms with Gasteiger partial charge in [-0.15, -0.1) is 0 Å². The van der Waals surface area contributed by atoms with Crippen molar-refractivity contribution in [2.24, 2.45) is 0 Å². The Hall–Kier alpha value is -1.40. The van der Waals surface area contributed by atoms with Crippen LogP contribution in [0.5, 0.6) is 11.5 Å². The van der Waals surface area contributed by atoms with Crippen molar-refractivity contribution in [3.63, 3.8) is 0 Å². The second-order valence-electron chi connectivity index (χ2n) is 6.68. The lowest BCUT2D eigenvalue weighted by Crippen LogP contribution is -2.05. The Balaban J connectivity index is 1.77. The number of rotatable bonds is 8. The summed E-state index contributed by atoms with van der Waals surface area (Å²) in [5.74, 6) is 1.33. The van der Waals surface area contributed by atoms with Gasteiger partial charge in [0.05, 0.1) is 11.1 Å². The van der Waals surface area contributed by atoms with Gasteiger partial charge in [0.15, 0.2) is 11.5 Å². The number of hydrogen-bond acceptors (Lipinski definition) is 3. The Morgan fingerprint density at radius 1 is 0.967 bits per heavy atom. The summed E-state index contributed by atoms with van der Waals surface area (Å²) in [7, 11) is 0. The van der Waals surface area contributed by atoms with Gasteiger partial charge in [0, 0.05) is 32.3 Å². The minimum atomic E-state index is 0.310. The van der Waals surface area contributed by atoms with Gasteiger partial charge in [-0.05, 0) is 83.4 Å². The number of ether oxygens (including phenoxy) is 2. The molecule has 3 aromatic rings. The molecule has 0 bridgehead atoms. The smallest absolute Gasteiger partial charge is 0.175 e. The van der Waals surface area contributed by atoms with E-state index in [9.17, 15) is 0 Å². The Bertz CT molecular complexity index is 1040. The van der Waals surface area contributed by atoms with Gasteiger partial charge >= 0.3 is 0 Å². The maximum Gasteiger partial charge on any atom is 0.175 e. The predicted octanol–water partition coefficient (Wildman–Crippen LogP) is 8.42. The maximum absolute atomic E-state index is 6.27. The highest BCUT2D eigenvalue weighted by Crippen LogP contribution is 2.38. The molecule has 0 fully saturated rings. The van der Waals surface area contributed by atoms with E-state index >= 15 is 0 Å². The summed E-state index contributed by atoms with van der Waals surface area (Å²) in [4.78, 5) is 0. The minimum Gasteiger partial charge on any atom is -0.490 e. The minimum absolute atomic E-state index is 0.310. The first-order chi connectivity index (χ1) is 14.4. The summed E-state index contributed by atoms with van der Waals surface area (Å²) in [5.41, 5.74) is 4.19. The average molecular weight is 574 g/mol. The largest absolute Gasteiger partial charge is 0.490 e. The van der Waals surface area contributed by atoms with Crippen LogP contribution in [0.1, 0.15) is 23.6 Å². The zero-order valence-corrected chi connectivity index (χ0v) is 21.3. The molecule has 1 N–H and O–H groups in total. The molecule has 158 valence electrons. The van der Waals surface area contributed by atoms with Crippen molar-refractivity contribution in [1.29, 1.82) is 0 Å². The second kappa shape index (κ2) is 10.8. The Kier molecular flexibility index (Phi) is 8.35. The van der Waals surface area contributed by atoms with Gasteiger partial charge in [-0.3, -0.25) is 0 Å². The van der Waals surface area contributed by atoms with E-state index in [0.29, 0.717) is 41.3 Å². The molecule has 30 heavy (non-hydrogen) atoms. The first kappa shape index (κ1) is 23.3. The Morgan fingerprint density at radius 3 is 2.47 bits per heavy atom. The van der Waals surface area contributed by atoms with Crippen LogP contribution in [0.25, 0.3) is 0 Å². The molecule has 0 atom stereocenters. The maximum atomic E-state index is 6.27. The molecule has 0 aliphatic rings. The number of anilines is 1. The van der Waals surface area contributed by atoms with Crippen molar-refractivity contribution in [2.75, 3.05) is 11.9 Å². The van der Waals surface area contributed by atoms with Crippen molar-refractivity contribution in [2.45, 2.75) is 27.0 Å². The van der Waals surface area contributed by atoms with Crippen LogP contribution in [-0.2, 0) is 13.2 Å². The molecule has 3 aromatic carbocycles. The van der Waals surface area contributed by atoms with Crippen molar-refractivity contribution in [1.82, 2.24) is 0 Å². The summed E-state index contributed by atoms with van der Waals surface area (Å²) in [6.07, 6.45) is 0. The van der Waals surface area contributed by atoms with E-state index in [1.165, 1.54) is 5.56 Å². The lowest BCUT2D eigenvalue weighted by molar-refractivity contribution is 0.267. The zero-order valence-electron chi connectivity index (χ0n) is 16.6. The predicted molar refractivity (Wildman–Crippen MR) is 132 cm³/mol. The van der Waals surface area contributed by atoms with Gasteiger partial charge < -0.3 is 14.8 Å². The van der Waals surface area contributed by atoms with Crippen LogP contribution >= 0.6 is 55.1 Å². The van der Waals surface area contributed by atoms with E-state index in [4.69, 9.17) is 32.7 Å². The fraction of sp³-hybridized carbons (Fsp3) is 0.217. The van der Waals surface area contributed by atoms with Crippen molar-refractivity contribution in [3.8, 4) is 11.5 Å². The third kappa shape index (κ3) is 6.07. The number of hydrogen-bond donors (Lipinski definition) is 1. The number of nitrogens with one attached hydrogen (secondary N) is 1. The molecule has 0 spiro atoms. The summed E-state index contributed by atoms with van der Waals surface area (Å²) in [6, 6.07) is 15.6. The molecule has 0 heterocycles. The van der Waals surface area contributed by atoms with Gasteiger partial charge in [0.1, 0.15) is 6.61 Å². The van der Waals surface area contributed by atoms with Gasteiger partial charge in [-0.1, -0.05) is 45.2 Å². The van der Waals surface area contributed by atoms with Crippen LogP contribution in [0.4, 0.5) is 5.69 Å². The zero-order chi connectivity index (χ0) is 21.7. The standard InChI is InChI=1S/C23H21Br2Cl2NO2/c1-3-29-22-10-15(12-28-21-7-5-17(24)8-14(21)2)9-19(25)23(22)30-13-16-4-6-18(26)11-20(16)27/h4-11,28H,3,12-13H2,1-2H3. The van der Waals surface area contributed by atoms with E-state index in [1.54, 1.807) is 12.1 Å². The molecule has 0 saturated carbocycles. The van der Waals surface area contributed by atoms with E-state index in [2.05, 4.69) is 56.2 Å². The van der Waals surface area contributed by atoms with Crippen molar-refractivity contribution < 1.29 is 9.47 Å². The van der Waals surface area contributed by atoms with E-state index in [-0.39, 0.29) is 0 Å². The number of aryl methyl sites for hydroxylation is 1. The molecule has 0 aromatic heterocycles. The highest BCUT2D eigenvalue weighted by Gasteiger charge is 2.14. The van der Waals surface area contributed by atoms with Crippen molar-refractivity contribution >= 4 is 60.7 Å². The highest BCUT2D eigenvalue weighted by atomic mass is 79.9. The fourth-order valence-electron chi connectivity index (χ4n) is 2.94. The molecule has 0 radical (unpaired) electrons. The van der Waals surface area contributed by atoms with Gasteiger partial charge in [-0.25, -0.2) is 0 Å². The van der Waals surface area contributed by atoms with Crippen LogP contribution in [0, 0.1) is 6.92 Å².